The van der Waals surface area contributed by atoms with Gasteiger partial charge in [-0.3, -0.25) is 0 Å². The molecule has 1 nitrogen and oxygen atoms in total. The molecule has 0 spiro atoms. The predicted octanol–water partition coefficient (Wildman–Crippen LogP) is 4.92. The fourth-order valence-corrected chi connectivity index (χ4v) is 2.76. The van der Waals surface area contributed by atoms with E-state index in [0.717, 1.165) is 17.2 Å². The number of benzene rings is 1. The summed E-state index contributed by atoms with van der Waals surface area (Å²) >= 11 is 9.62. The molecule has 1 atom stereocenters. The summed E-state index contributed by atoms with van der Waals surface area (Å²) in [6, 6.07) is 9.93. The Kier molecular flexibility index (Phi) is 3.72. The van der Waals surface area contributed by atoms with Gasteiger partial charge in [0.25, 0.3) is 0 Å². The van der Waals surface area contributed by atoms with Gasteiger partial charge in [0.1, 0.15) is 5.76 Å². The van der Waals surface area contributed by atoms with Crippen molar-refractivity contribution in [1.29, 1.82) is 0 Å². The summed E-state index contributed by atoms with van der Waals surface area (Å²) in [5, 5.41) is 0.779. The molecule has 0 N–H and O–H groups in total. The maximum absolute atomic E-state index is 5.95. The Morgan fingerprint density at radius 1 is 1.38 bits per heavy atom. The summed E-state index contributed by atoms with van der Waals surface area (Å²) < 4.78 is 5.29. The number of aryl methyl sites for hydroxylation is 1. The number of rotatable bonds is 3. The zero-order valence-corrected chi connectivity index (χ0v) is 11.3. The highest BCUT2D eigenvalue weighted by Gasteiger charge is 2.13. The first-order valence-corrected chi connectivity index (χ1v) is 6.38. The van der Waals surface area contributed by atoms with Crippen molar-refractivity contribution < 1.29 is 4.42 Å². The first-order chi connectivity index (χ1) is 7.66. The first-order valence-electron chi connectivity index (χ1n) is 5.09. The third kappa shape index (κ3) is 2.69. The highest BCUT2D eigenvalue weighted by atomic mass is 79.9. The molecule has 0 aliphatic rings. The molecule has 3 heteroatoms. The molecule has 1 aromatic heterocycles. The van der Waals surface area contributed by atoms with Crippen LogP contribution < -0.4 is 0 Å². The van der Waals surface area contributed by atoms with Crippen LogP contribution in [0.15, 0.2) is 41.0 Å². The predicted molar refractivity (Wildman–Crippen MR) is 70.3 cm³/mol. The number of alkyl halides is 1. The molecule has 16 heavy (non-hydrogen) atoms. The van der Waals surface area contributed by atoms with Crippen LogP contribution in [0, 0.1) is 6.92 Å². The molecule has 0 aliphatic carbocycles. The van der Waals surface area contributed by atoms with Crippen LogP contribution in [0.5, 0.6) is 0 Å². The molecule has 0 saturated heterocycles. The first kappa shape index (κ1) is 11.7. The van der Waals surface area contributed by atoms with Crippen LogP contribution in [0.1, 0.15) is 21.7 Å². The highest BCUT2D eigenvalue weighted by Crippen LogP contribution is 2.30. The third-order valence-electron chi connectivity index (χ3n) is 2.54. The number of hydrogen-bond acceptors (Lipinski definition) is 1. The number of halogens is 2. The average molecular weight is 300 g/mol. The summed E-state index contributed by atoms with van der Waals surface area (Å²) in [5.74, 6) is 0.962. The Balaban J connectivity index is 2.14. The zero-order valence-electron chi connectivity index (χ0n) is 8.91. The van der Waals surface area contributed by atoms with Gasteiger partial charge in [0, 0.05) is 15.4 Å². The Hall–Kier alpha value is -0.730. The maximum Gasteiger partial charge on any atom is 0.105 e. The summed E-state index contributed by atoms with van der Waals surface area (Å²) in [7, 11) is 0. The van der Waals surface area contributed by atoms with Crippen LogP contribution in [0.3, 0.4) is 0 Å². The van der Waals surface area contributed by atoms with E-state index in [1.165, 1.54) is 11.1 Å². The van der Waals surface area contributed by atoms with Crippen molar-refractivity contribution in [3.8, 4) is 0 Å². The standard InChI is InChI=1S/C13H12BrClO/c1-9-12(5-6-16-9)13(14)8-10-3-2-4-11(15)7-10/h2-7,13H,8H2,1H3. The fourth-order valence-electron chi connectivity index (χ4n) is 1.70. The van der Waals surface area contributed by atoms with Gasteiger partial charge in [-0.2, -0.15) is 0 Å². The van der Waals surface area contributed by atoms with E-state index < -0.39 is 0 Å². The van der Waals surface area contributed by atoms with Gasteiger partial charge in [0.05, 0.1) is 6.26 Å². The van der Waals surface area contributed by atoms with E-state index in [1.54, 1.807) is 6.26 Å². The molecule has 0 fully saturated rings. The van der Waals surface area contributed by atoms with Gasteiger partial charge in [-0.15, -0.1) is 0 Å². The fraction of sp³-hybridized carbons (Fsp3) is 0.231. The molecule has 0 bridgehead atoms. The monoisotopic (exact) mass is 298 g/mol. The van der Waals surface area contributed by atoms with Crippen molar-refractivity contribution in [3.05, 3.63) is 58.5 Å². The summed E-state index contributed by atoms with van der Waals surface area (Å²) in [6.45, 7) is 1.97. The zero-order chi connectivity index (χ0) is 11.5. The van der Waals surface area contributed by atoms with Crippen molar-refractivity contribution in [1.82, 2.24) is 0 Å². The van der Waals surface area contributed by atoms with Crippen LogP contribution in [-0.4, -0.2) is 0 Å². The summed E-state index contributed by atoms with van der Waals surface area (Å²) in [4.78, 5) is 0.268. The van der Waals surface area contributed by atoms with E-state index in [4.69, 9.17) is 16.0 Å². The van der Waals surface area contributed by atoms with Crippen molar-refractivity contribution in [2.75, 3.05) is 0 Å². The second kappa shape index (κ2) is 5.07. The van der Waals surface area contributed by atoms with Crippen LogP contribution in [-0.2, 0) is 6.42 Å². The SMILES string of the molecule is Cc1occc1C(Br)Cc1cccc(Cl)c1. The minimum atomic E-state index is 0.268. The van der Waals surface area contributed by atoms with E-state index in [1.807, 2.05) is 31.2 Å². The average Bonchev–Trinajstić information content (AvgIpc) is 2.64. The van der Waals surface area contributed by atoms with E-state index in [0.29, 0.717) is 0 Å². The van der Waals surface area contributed by atoms with Gasteiger partial charge in [-0.1, -0.05) is 39.7 Å². The highest BCUT2D eigenvalue weighted by molar-refractivity contribution is 9.09. The van der Waals surface area contributed by atoms with Crippen molar-refractivity contribution in [2.24, 2.45) is 0 Å². The molecule has 1 heterocycles. The normalized spacial score (nSPS) is 12.7. The molecule has 1 aromatic carbocycles. The number of furan rings is 1. The lowest BCUT2D eigenvalue weighted by molar-refractivity contribution is 0.529. The van der Waals surface area contributed by atoms with E-state index in [2.05, 4.69) is 22.0 Å². The molecule has 2 rings (SSSR count). The van der Waals surface area contributed by atoms with E-state index >= 15 is 0 Å². The Labute approximate surface area is 109 Å². The molecule has 0 saturated carbocycles. The third-order valence-corrected chi connectivity index (χ3v) is 3.59. The lowest BCUT2D eigenvalue weighted by Gasteiger charge is -2.09. The van der Waals surface area contributed by atoms with Crippen LogP contribution in [0.4, 0.5) is 0 Å². The van der Waals surface area contributed by atoms with Crippen LogP contribution in [0.2, 0.25) is 5.02 Å². The summed E-state index contributed by atoms with van der Waals surface area (Å²) in [5.41, 5.74) is 2.41. The van der Waals surface area contributed by atoms with Crippen molar-refractivity contribution >= 4 is 27.5 Å². The number of hydrogen-bond donors (Lipinski definition) is 0. The van der Waals surface area contributed by atoms with Crippen LogP contribution >= 0.6 is 27.5 Å². The topological polar surface area (TPSA) is 13.1 Å². The molecular weight excluding hydrogens is 287 g/mol. The van der Waals surface area contributed by atoms with Gasteiger partial charge in [0.2, 0.25) is 0 Å². The van der Waals surface area contributed by atoms with Crippen LogP contribution in [0.25, 0.3) is 0 Å². The van der Waals surface area contributed by atoms with Crippen molar-refractivity contribution in [3.63, 3.8) is 0 Å². The van der Waals surface area contributed by atoms with Gasteiger partial charge in [-0.25, -0.2) is 0 Å². The summed E-state index contributed by atoms with van der Waals surface area (Å²) in [6.07, 6.45) is 2.62. The molecule has 0 radical (unpaired) electrons. The van der Waals surface area contributed by atoms with Gasteiger partial charge < -0.3 is 4.42 Å². The molecule has 0 amide bonds. The van der Waals surface area contributed by atoms with Crippen molar-refractivity contribution in [2.45, 2.75) is 18.2 Å². The molecular formula is C13H12BrClO. The lowest BCUT2D eigenvalue weighted by Crippen LogP contribution is -1.95. The van der Waals surface area contributed by atoms with E-state index in [9.17, 15) is 0 Å². The van der Waals surface area contributed by atoms with E-state index in [-0.39, 0.29) is 4.83 Å². The molecule has 0 aliphatic heterocycles. The Morgan fingerprint density at radius 2 is 2.19 bits per heavy atom. The Morgan fingerprint density at radius 3 is 2.81 bits per heavy atom. The molecule has 84 valence electrons. The van der Waals surface area contributed by atoms with Gasteiger partial charge in [0.15, 0.2) is 0 Å². The largest absolute Gasteiger partial charge is 0.469 e. The minimum Gasteiger partial charge on any atom is -0.469 e. The van der Waals surface area contributed by atoms with Gasteiger partial charge >= 0.3 is 0 Å². The quantitative estimate of drug-likeness (QED) is 0.733. The Bertz CT molecular complexity index is 478. The smallest absolute Gasteiger partial charge is 0.105 e. The second-order valence-electron chi connectivity index (χ2n) is 3.73. The molecule has 1 unspecified atom stereocenters. The van der Waals surface area contributed by atoms with Gasteiger partial charge in [-0.05, 0) is 37.1 Å². The lowest BCUT2D eigenvalue weighted by atomic mass is 10.1. The second-order valence-corrected chi connectivity index (χ2v) is 5.28. The minimum absolute atomic E-state index is 0.268. The maximum atomic E-state index is 5.95. The molecule has 2 aromatic rings.